The average molecular weight is 655 g/mol. The van der Waals surface area contributed by atoms with E-state index in [1.807, 2.05) is 11.8 Å². The molecule has 2 aromatic carbocycles. The summed E-state index contributed by atoms with van der Waals surface area (Å²) >= 11 is 6.23. The van der Waals surface area contributed by atoms with Crippen molar-refractivity contribution >= 4 is 41.5 Å². The molecule has 3 fully saturated rings. The summed E-state index contributed by atoms with van der Waals surface area (Å²) in [5.74, 6) is -0.786. The van der Waals surface area contributed by atoms with Crippen LogP contribution in [0.3, 0.4) is 0 Å². The molecule has 3 N–H and O–H groups in total. The highest BCUT2D eigenvalue weighted by molar-refractivity contribution is 6.33. The fraction of sp³-hybridized carbons (Fsp3) is 0.406. The number of aryl methyl sites for hydroxylation is 1. The molecule has 244 valence electrons. The number of halogens is 2. The van der Waals surface area contributed by atoms with Gasteiger partial charge in [-0.15, -0.1) is 0 Å². The van der Waals surface area contributed by atoms with Crippen LogP contribution in [0, 0.1) is 24.1 Å². The van der Waals surface area contributed by atoms with E-state index in [0.29, 0.717) is 54.1 Å². The second-order valence-electron chi connectivity index (χ2n) is 11.9. The zero-order valence-corrected chi connectivity index (χ0v) is 26.6. The van der Waals surface area contributed by atoms with Crippen molar-refractivity contribution in [3.63, 3.8) is 0 Å². The van der Waals surface area contributed by atoms with Crippen molar-refractivity contribution in [1.29, 1.82) is 0 Å². The van der Waals surface area contributed by atoms with Gasteiger partial charge in [-0.25, -0.2) is 9.37 Å². The molecule has 1 saturated carbocycles. The summed E-state index contributed by atoms with van der Waals surface area (Å²) < 4.78 is 21.0. The Labute approximate surface area is 270 Å². The van der Waals surface area contributed by atoms with Crippen molar-refractivity contribution in [1.82, 2.24) is 24.7 Å². The van der Waals surface area contributed by atoms with Crippen molar-refractivity contribution in [2.45, 2.75) is 19.8 Å². The van der Waals surface area contributed by atoms with Gasteiger partial charge in [0.05, 0.1) is 24.0 Å². The quantitative estimate of drug-likeness (QED) is 0.343. The summed E-state index contributed by atoms with van der Waals surface area (Å²) in [4.78, 5) is 55.6. The Kier molecular flexibility index (Phi) is 9.63. The van der Waals surface area contributed by atoms with E-state index in [4.69, 9.17) is 26.2 Å². The first-order chi connectivity index (χ1) is 22.0. The summed E-state index contributed by atoms with van der Waals surface area (Å²) in [6.45, 7) is 5.68. The number of hydrogen-bond acceptors (Lipinski definition) is 7. The van der Waals surface area contributed by atoms with Gasteiger partial charge in [0.25, 0.3) is 18.3 Å². The van der Waals surface area contributed by atoms with Crippen LogP contribution in [0.5, 0.6) is 5.75 Å². The van der Waals surface area contributed by atoms with E-state index < -0.39 is 11.7 Å². The Morgan fingerprint density at radius 1 is 1.13 bits per heavy atom. The van der Waals surface area contributed by atoms with Gasteiger partial charge in [0.2, 0.25) is 5.91 Å². The lowest BCUT2D eigenvalue weighted by molar-refractivity contribution is -0.147. The van der Waals surface area contributed by atoms with Gasteiger partial charge < -0.3 is 34.8 Å². The smallest absolute Gasteiger partial charge is 0.291 e. The Bertz CT molecular complexity index is 1660. The van der Waals surface area contributed by atoms with Crippen molar-refractivity contribution in [3.05, 3.63) is 64.3 Å². The molecule has 3 aromatic rings. The average Bonchev–Trinajstić information content (AvgIpc) is 3.38. The van der Waals surface area contributed by atoms with Crippen LogP contribution in [0.2, 0.25) is 5.02 Å². The van der Waals surface area contributed by atoms with Crippen molar-refractivity contribution in [2.75, 3.05) is 51.7 Å². The number of imidazole rings is 1. The number of benzene rings is 2. The van der Waals surface area contributed by atoms with E-state index >= 15 is 0 Å². The molecule has 3 aliphatic rings. The maximum Gasteiger partial charge on any atom is 0.291 e. The molecule has 6 rings (SSSR count). The van der Waals surface area contributed by atoms with Crippen LogP contribution in [0.4, 0.5) is 10.1 Å². The Morgan fingerprint density at radius 3 is 2.37 bits per heavy atom. The van der Waals surface area contributed by atoms with Crippen LogP contribution in [-0.2, 0) is 16.6 Å². The van der Waals surface area contributed by atoms with Gasteiger partial charge in [0, 0.05) is 69.0 Å². The topological polar surface area (TPSA) is 146 Å². The van der Waals surface area contributed by atoms with Crippen LogP contribution in [0.15, 0.2) is 36.5 Å². The number of carboxylic acid groups (broad SMARTS) is 1. The number of aromatic nitrogens is 2. The lowest BCUT2D eigenvalue weighted by Crippen LogP contribution is -2.63. The molecular formula is C32H36ClFN6O6. The molecule has 0 unspecified atom stereocenters. The molecule has 0 radical (unpaired) electrons. The molecular weight excluding hydrogens is 619 g/mol. The van der Waals surface area contributed by atoms with Gasteiger partial charge in [-0.2, -0.15) is 0 Å². The number of amides is 3. The number of carbonyl (C=O) groups excluding carboxylic acids is 3. The minimum Gasteiger partial charge on any atom is -0.494 e. The number of nitrogens with one attached hydrogen (secondary N) is 2. The van der Waals surface area contributed by atoms with E-state index in [9.17, 15) is 18.8 Å². The number of rotatable bonds is 6. The third-order valence-corrected chi connectivity index (χ3v) is 9.40. The second kappa shape index (κ2) is 13.5. The maximum atomic E-state index is 14.5. The molecule has 3 heterocycles. The zero-order valence-electron chi connectivity index (χ0n) is 25.8. The number of carbonyl (C=O) groups is 4. The minimum absolute atomic E-state index is 0.0205. The molecule has 0 bridgehead atoms. The Morgan fingerprint density at radius 2 is 1.78 bits per heavy atom. The van der Waals surface area contributed by atoms with Crippen molar-refractivity contribution in [3.8, 4) is 17.0 Å². The van der Waals surface area contributed by atoms with E-state index in [2.05, 4.69) is 15.6 Å². The van der Waals surface area contributed by atoms with Crippen LogP contribution < -0.4 is 15.4 Å². The van der Waals surface area contributed by atoms with E-state index in [1.54, 1.807) is 36.2 Å². The molecule has 46 heavy (non-hydrogen) atoms. The van der Waals surface area contributed by atoms with Gasteiger partial charge >= 0.3 is 0 Å². The standard InChI is InChI=1S/C31H34ClFN6O4.CH2O2/c1-18-12-20(36-28(40)27-35-15-23(37(27)2)22-6-7-24(43-3)26(33)25(22)32)4-5-21(18)30(42)39-10-8-38(9-11-39)29(41)19-13-31(14-19)16-34-17-31;2-1-3/h4-7,12,15,19,34H,8-11,13-14,16-17H2,1-3H3,(H,36,40);1H,(H,2,3). The summed E-state index contributed by atoms with van der Waals surface area (Å²) in [7, 11) is 3.00. The number of nitrogens with zero attached hydrogens (tertiary/aromatic N) is 4. The molecule has 14 heteroatoms. The largest absolute Gasteiger partial charge is 0.494 e. The molecule has 2 saturated heterocycles. The van der Waals surface area contributed by atoms with Crippen LogP contribution in [0.1, 0.15) is 39.4 Å². The monoisotopic (exact) mass is 654 g/mol. The van der Waals surface area contributed by atoms with Crippen LogP contribution in [-0.4, -0.2) is 95.0 Å². The number of anilines is 1. The first-order valence-corrected chi connectivity index (χ1v) is 15.2. The predicted molar refractivity (Wildman–Crippen MR) is 168 cm³/mol. The highest BCUT2D eigenvalue weighted by Crippen LogP contribution is 2.49. The lowest BCUT2D eigenvalue weighted by Gasteiger charge is -2.54. The van der Waals surface area contributed by atoms with Crippen molar-refractivity contribution < 1.29 is 33.4 Å². The maximum absolute atomic E-state index is 14.5. The number of hydrogen-bond donors (Lipinski definition) is 3. The molecule has 1 spiro atoms. The summed E-state index contributed by atoms with van der Waals surface area (Å²) in [5.41, 5.74) is 2.96. The van der Waals surface area contributed by atoms with Gasteiger partial charge in [-0.1, -0.05) is 11.6 Å². The third kappa shape index (κ3) is 6.29. The first-order valence-electron chi connectivity index (χ1n) is 14.8. The molecule has 2 aliphatic heterocycles. The van der Waals surface area contributed by atoms with E-state index in [-0.39, 0.29) is 40.8 Å². The lowest BCUT2D eigenvalue weighted by atomic mass is 9.58. The Balaban J connectivity index is 0.00000134. The highest BCUT2D eigenvalue weighted by atomic mass is 35.5. The second-order valence-corrected chi connectivity index (χ2v) is 12.3. The fourth-order valence-electron chi connectivity index (χ4n) is 6.41. The number of piperazine rings is 1. The van der Waals surface area contributed by atoms with Gasteiger partial charge in [0.1, 0.15) is 0 Å². The van der Waals surface area contributed by atoms with Gasteiger partial charge in [-0.05, 0) is 61.1 Å². The first kappa shape index (κ1) is 32.9. The number of ether oxygens (including phenoxy) is 1. The molecule has 0 atom stereocenters. The zero-order chi connectivity index (χ0) is 33.2. The molecule has 3 amide bonds. The third-order valence-electron chi connectivity index (χ3n) is 9.04. The highest BCUT2D eigenvalue weighted by Gasteiger charge is 2.51. The Hall–Kier alpha value is -4.49. The van der Waals surface area contributed by atoms with Crippen molar-refractivity contribution in [2.24, 2.45) is 18.4 Å². The molecule has 12 nitrogen and oxygen atoms in total. The van der Waals surface area contributed by atoms with Gasteiger partial charge in [-0.3, -0.25) is 19.2 Å². The summed E-state index contributed by atoms with van der Waals surface area (Å²) in [6, 6.07) is 8.20. The van der Waals surface area contributed by atoms with Crippen LogP contribution in [0.25, 0.3) is 11.3 Å². The summed E-state index contributed by atoms with van der Waals surface area (Å²) in [6.07, 6.45) is 3.40. The minimum atomic E-state index is -0.692. The van der Waals surface area contributed by atoms with Gasteiger partial charge in [0.15, 0.2) is 17.4 Å². The molecule has 1 aliphatic carbocycles. The molecule has 1 aromatic heterocycles. The fourth-order valence-corrected chi connectivity index (χ4v) is 6.67. The van der Waals surface area contributed by atoms with Crippen LogP contribution >= 0.6 is 11.6 Å². The number of methoxy groups -OCH3 is 1. The summed E-state index contributed by atoms with van der Waals surface area (Å²) in [5, 5.41) is 12.9. The predicted octanol–water partition coefficient (Wildman–Crippen LogP) is 3.43. The van der Waals surface area contributed by atoms with E-state index in [0.717, 1.165) is 31.5 Å². The normalized spacial score (nSPS) is 16.9. The van der Waals surface area contributed by atoms with E-state index in [1.165, 1.54) is 23.9 Å². The SMILES string of the molecule is COc1ccc(-c2cnc(C(=O)Nc3ccc(C(=O)N4CCN(C(=O)C5CC6(CNC6)C5)CC4)c(C)c3)n2C)c(Cl)c1F.O=CO.